The highest BCUT2D eigenvalue weighted by molar-refractivity contribution is 9.09. The van der Waals surface area contributed by atoms with Crippen LogP contribution in [0.25, 0.3) is 0 Å². The predicted molar refractivity (Wildman–Crippen MR) is 55.9 cm³/mol. The molecule has 12 heavy (non-hydrogen) atoms. The first-order valence-corrected chi connectivity index (χ1v) is 4.56. The Labute approximate surface area is 80.1 Å². The zero-order chi connectivity index (χ0) is 8.97. The van der Waals surface area contributed by atoms with E-state index in [9.17, 15) is 0 Å². The van der Waals surface area contributed by atoms with Gasteiger partial charge in [0.1, 0.15) is 0 Å². The lowest BCUT2D eigenvalue weighted by atomic mass is 10.2. The first-order chi connectivity index (χ1) is 5.74. The quantitative estimate of drug-likeness (QED) is 0.400. The van der Waals surface area contributed by atoms with Crippen molar-refractivity contribution in [2.24, 2.45) is 0 Å². The van der Waals surface area contributed by atoms with Gasteiger partial charge in [-0.25, -0.2) is 0 Å². The molecule has 0 heterocycles. The molecule has 0 amide bonds. The molecule has 4 N–H and O–H groups in total. The summed E-state index contributed by atoms with van der Waals surface area (Å²) in [4.78, 5) is 0. The van der Waals surface area contributed by atoms with Gasteiger partial charge in [-0.2, -0.15) is 0 Å². The highest BCUT2D eigenvalue weighted by atomic mass is 79.9. The van der Waals surface area contributed by atoms with E-state index >= 15 is 0 Å². The number of alkyl halides is 1. The topological polar surface area (TPSA) is 52.0 Å². The summed E-state index contributed by atoms with van der Waals surface area (Å²) >= 11 is 3.21. The Morgan fingerprint density at radius 2 is 2.00 bits per heavy atom. The van der Waals surface area contributed by atoms with E-state index in [4.69, 9.17) is 11.5 Å². The smallest absolute Gasteiger partial charge is 0.0649 e. The molecule has 0 aliphatic carbocycles. The highest BCUT2D eigenvalue weighted by Gasteiger charge is 1.93. The Morgan fingerprint density at radius 3 is 2.58 bits per heavy atom. The van der Waals surface area contributed by atoms with Gasteiger partial charge in [0.25, 0.3) is 0 Å². The third-order valence-electron chi connectivity index (χ3n) is 1.39. The molecule has 0 aliphatic heterocycles. The standard InChI is InChI=1S/C9H9BrN2/c10-5-1-2-7-3-4-8(11)9(12)6-7/h3-4,6H,5,11-12H2. The minimum absolute atomic E-state index is 0.580. The number of hydrogen-bond donors (Lipinski definition) is 2. The molecule has 1 aromatic rings. The van der Waals surface area contributed by atoms with E-state index in [0.29, 0.717) is 16.7 Å². The maximum atomic E-state index is 5.59. The molecule has 0 saturated carbocycles. The number of rotatable bonds is 0. The Balaban J connectivity index is 2.97. The molecule has 0 spiro atoms. The fraction of sp³-hybridized carbons (Fsp3) is 0.111. The van der Waals surface area contributed by atoms with E-state index in [1.807, 2.05) is 6.07 Å². The summed E-state index contributed by atoms with van der Waals surface area (Å²) < 4.78 is 0. The Bertz CT molecular complexity index is 336. The summed E-state index contributed by atoms with van der Waals surface area (Å²) in [6.07, 6.45) is 0. The first-order valence-electron chi connectivity index (χ1n) is 3.44. The second-order valence-electron chi connectivity index (χ2n) is 2.28. The lowest BCUT2D eigenvalue weighted by molar-refractivity contribution is 1.62. The summed E-state index contributed by atoms with van der Waals surface area (Å²) in [5, 5.41) is 0.664. The molecule has 62 valence electrons. The number of nitrogen functional groups attached to an aromatic ring is 2. The molecular formula is C9H9BrN2. The van der Waals surface area contributed by atoms with Gasteiger partial charge >= 0.3 is 0 Å². The Hall–Kier alpha value is -1.14. The van der Waals surface area contributed by atoms with Crippen molar-refractivity contribution in [2.45, 2.75) is 0 Å². The van der Waals surface area contributed by atoms with Crippen LogP contribution >= 0.6 is 15.9 Å². The Kier molecular flexibility index (Phi) is 3.01. The molecule has 0 radical (unpaired) electrons. The van der Waals surface area contributed by atoms with Crippen molar-refractivity contribution >= 4 is 27.3 Å². The lowest BCUT2D eigenvalue weighted by Gasteiger charge is -1.98. The third-order valence-corrected chi connectivity index (χ3v) is 1.67. The van der Waals surface area contributed by atoms with Crippen molar-refractivity contribution in [1.82, 2.24) is 0 Å². The number of anilines is 2. The van der Waals surface area contributed by atoms with Crippen LogP contribution in [0.5, 0.6) is 0 Å². The van der Waals surface area contributed by atoms with Crippen molar-refractivity contribution in [1.29, 1.82) is 0 Å². The van der Waals surface area contributed by atoms with Crippen molar-refractivity contribution in [2.75, 3.05) is 16.8 Å². The number of hydrogen-bond acceptors (Lipinski definition) is 2. The van der Waals surface area contributed by atoms with Crippen LogP contribution < -0.4 is 11.5 Å². The average Bonchev–Trinajstić information content (AvgIpc) is 2.07. The molecule has 0 aliphatic rings. The van der Waals surface area contributed by atoms with Crippen LogP contribution in [0.2, 0.25) is 0 Å². The molecule has 0 unspecified atom stereocenters. The molecular weight excluding hydrogens is 216 g/mol. The Morgan fingerprint density at radius 1 is 1.25 bits per heavy atom. The summed E-state index contributed by atoms with van der Waals surface area (Å²) in [5.74, 6) is 5.81. The molecule has 2 nitrogen and oxygen atoms in total. The molecule has 0 saturated heterocycles. The molecule has 0 fully saturated rings. The van der Waals surface area contributed by atoms with Gasteiger partial charge in [0.2, 0.25) is 0 Å². The SMILES string of the molecule is Nc1ccc(C#CCBr)cc1N. The van der Waals surface area contributed by atoms with E-state index in [0.717, 1.165) is 5.56 Å². The fourth-order valence-electron chi connectivity index (χ4n) is 0.788. The molecule has 3 heteroatoms. The van der Waals surface area contributed by atoms with Gasteiger partial charge in [0, 0.05) is 5.56 Å². The zero-order valence-electron chi connectivity index (χ0n) is 6.47. The van der Waals surface area contributed by atoms with Crippen LogP contribution in [-0.2, 0) is 0 Å². The minimum Gasteiger partial charge on any atom is -0.397 e. The fourth-order valence-corrected chi connectivity index (χ4v) is 0.928. The lowest BCUT2D eigenvalue weighted by Crippen LogP contribution is -1.94. The maximum absolute atomic E-state index is 5.59. The second-order valence-corrected chi connectivity index (χ2v) is 2.84. The van der Waals surface area contributed by atoms with Crippen LogP contribution in [0.3, 0.4) is 0 Å². The molecule has 0 bridgehead atoms. The number of halogens is 1. The van der Waals surface area contributed by atoms with Gasteiger partial charge in [-0.05, 0) is 18.2 Å². The van der Waals surface area contributed by atoms with Crippen LogP contribution in [-0.4, -0.2) is 5.33 Å². The normalized spacial score (nSPS) is 8.75. The largest absolute Gasteiger partial charge is 0.397 e. The summed E-state index contributed by atoms with van der Waals surface area (Å²) in [6, 6.07) is 5.37. The van der Waals surface area contributed by atoms with Crippen molar-refractivity contribution in [3.63, 3.8) is 0 Å². The van der Waals surface area contributed by atoms with Crippen LogP contribution in [0, 0.1) is 11.8 Å². The van der Waals surface area contributed by atoms with Crippen molar-refractivity contribution < 1.29 is 0 Å². The average molecular weight is 225 g/mol. The third kappa shape index (κ3) is 2.18. The van der Waals surface area contributed by atoms with Crippen LogP contribution in [0.15, 0.2) is 18.2 Å². The van der Waals surface area contributed by atoms with Gasteiger partial charge < -0.3 is 11.5 Å². The van der Waals surface area contributed by atoms with Gasteiger partial charge in [0.15, 0.2) is 0 Å². The first kappa shape index (κ1) is 8.95. The molecule has 0 atom stereocenters. The predicted octanol–water partition coefficient (Wildman–Crippen LogP) is 1.60. The van der Waals surface area contributed by atoms with Crippen LogP contribution in [0.1, 0.15) is 5.56 Å². The zero-order valence-corrected chi connectivity index (χ0v) is 8.06. The molecule has 1 rings (SSSR count). The second kappa shape index (κ2) is 4.03. The highest BCUT2D eigenvalue weighted by Crippen LogP contribution is 2.14. The van der Waals surface area contributed by atoms with E-state index < -0.39 is 0 Å². The van der Waals surface area contributed by atoms with Gasteiger partial charge in [-0.15, -0.1) is 0 Å². The monoisotopic (exact) mass is 224 g/mol. The summed E-state index contributed by atoms with van der Waals surface area (Å²) in [7, 11) is 0. The van der Waals surface area contributed by atoms with E-state index in [1.165, 1.54) is 0 Å². The van der Waals surface area contributed by atoms with E-state index in [2.05, 4.69) is 27.8 Å². The van der Waals surface area contributed by atoms with Gasteiger partial charge in [0.05, 0.1) is 16.7 Å². The van der Waals surface area contributed by atoms with Crippen LogP contribution in [0.4, 0.5) is 11.4 Å². The van der Waals surface area contributed by atoms with Crippen molar-refractivity contribution in [3.8, 4) is 11.8 Å². The van der Waals surface area contributed by atoms with Crippen molar-refractivity contribution in [3.05, 3.63) is 23.8 Å². The van der Waals surface area contributed by atoms with E-state index in [-0.39, 0.29) is 0 Å². The summed E-state index contributed by atoms with van der Waals surface area (Å²) in [5.41, 5.74) is 13.2. The molecule has 1 aromatic carbocycles. The number of nitrogens with two attached hydrogens (primary N) is 2. The minimum atomic E-state index is 0.580. The van der Waals surface area contributed by atoms with Gasteiger partial charge in [-0.3, -0.25) is 0 Å². The molecule has 0 aromatic heterocycles. The maximum Gasteiger partial charge on any atom is 0.0649 e. The summed E-state index contributed by atoms with van der Waals surface area (Å²) in [6.45, 7) is 0. The number of benzene rings is 1. The van der Waals surface area contributed by atoms with Gasteiger partial charge in [-0.1, -0.05) is 27.8 Å². The van der Waals surface area contributed by atoms with E-state index in [1.54, 1.807) is 12.1 Å².